The molecule has 2 fully saturated rings. The van der Waals surface area contributed by atoms with Crippen LogP contribution in [0, 0.1) is 0 Å². The Kier molecular flexibility index (Phi) is 3.03. The lowest BCUT2D eigenvalue weighted by Gasteiger charge is -2.41. The summed E-state index contributed by atoms with van der Waals surface area (Å²) in [6, 6.07) is 0. The van der Waals surface area contributed by atoms with E-state index in [1.54, 1.807) is 14.2 Å². The third-order valence-electron chi connectivity index (χ3n) is 3.50. The van der Waals surface area contributed by atoms with Gasteiger partial charge in [-0.1, -0.05) is 0 Å². The number of fused-ring (bicyclic) bond motifs is 2. The van der Waals surface area contributed by atoms with Crippen molar-refractivity contribution in [3.63, 3.8) is 0 Å². The highest BCUT2D eigenvalue weighted by molar-refractivity contribution is 5.04. The molecule has 15 heavy (non-hydrogen) atoms. The van der Waals surface area contributed by atoms with E-state index < -0.39 is 0 Å². The molecule has 0 spiro atoms. The lowest BCUT2D eigenvalue weighted by Crippen LogP contribution is -2.50. The SMILES string of the molecule is COC[C@@]12CC[C@@](COC)(CC(O)C1)O2. The molecule has 0 radical (unpaired) electrons. The van der Waals surface area contributed by atoms with Crippen LogP contribution in [0.3, 0.4) is 0 Å². The molecule has 0 amide bonds. The fraction of sp³-hybridized carbons (Fsp3) is 1.00. The third-order valence-corrected chi connectivity index (χ3v) is 3.50. The van der Waals surface area contributed by atoms with Gasteiger partial charge in [0.1, 0.15) is 0 Å². The quantitative estimate of drug-likeness (QED) is 0.752. The Bertz CT molecular complexity index is 211. The van der Waals surface area contributed by atoms with E-state index in [9.17, 15) is 5.11 Å². The predicted molar refractivity (Wildman–Crippen MR) is 54.8 cm³/mol. The summed E-state index contributed by atoms with van der Waals surface area (Å²) < 4.78 is 16.5. The summed E-state index contributed by atoms with van der Waals surface area (Å²) >= 11 is 0. The second-order valence-electron chi connectivity index (χ2n) is 4.90. The van der Waals surface area contributed by atoms with E-state index in [2.05, 4.69) is 0 Å². The molecule has 2 saturated heterocycles. The van der Waals surface area contributed by atoms with Crippen molar-refractivity contribution in [2.45, 2.75) is 43.0 Å². The van der Waals surface area contributed by atoms with Crippen LogP contribution >= 0.6 is 0 Å². The van der Waals surface area contributed by atoms with E-state index in [0.29, 0.717) is 26.1 Å². The van der Waals surface area contributed by atoms with E-state index >= 15 is 0 Å². The highest BCUT2D eigenvalue weighted by Gasteiger charge is 2.55. The maximum atomic E-state index is 9.88. The largest absolute Gasteiger partial charge is 0.393 e. The number of ether oxygens (including phenoxy) is 3. The maximum absolute atomic E-state index is 9.88. The van der Waals surface area contributed by atoms with Crippen LogP contribution in [0.1, 0.15) is 25.7 Å². The Labute approximate surface area is 90.5 Å². The normalized spacial score (nSPS) is 44.6. The molecule has 1 unspecified atom stereocenters. The Morgan fingerprint density at radius 3 is 2.00 bits per heavy atom. The van der Waals surface area contributed by atoms with Gasteiger partial charge in [-0.05, 0) is 12.8 Å². The van der Waals surface area contributed by atoms with Gasteiger partial charge in [0.25, 0.3) is 0 Å². The number of aliphatic hydroxyl groups excluding tert-OH is 1. The lowest BCUT2D eigenvalue weighted by molar-refractivity contribution is -0.204. The molecule has 4 heteroatoms. The third kappa shape index (κ3) is 2.04. The van der Waals surface area contributed by atoms with E-state index in [-0.39, 0.29) is 17.3 Å². The smallest absolute Gasteiger partial charge is 0.0949 e. The summed E-state index contributed by atoms with van der Waals surface area (Å²) in [5.74, 6) is 0. The summed E-state index contributed by atoms with van der Waals surface area (Å²) in [7, 11) is 3.35. The molecule has 2 bridgehead atoms. The first-order valence-electron chi connectivity index (χ1n) is 5.50. The molecule has 4 nitrogen and oxygen atoms in total. The van der Waals surface area contributed by atoms with Crippen molar-refractivity contribution in [1.82, 2.24) is 0 Å². The van der Waals surface area contributed by atoms with E-state index in [4.69, 9.17) is 14.2 Å². The van der Waals surface area contributed by atoms with Gasteiger partial charge in [-0.15, -0.1) is 0 Å². The zero-order chi connectivity index (χ0) is 10.9. The van der Waals surface area contributed by atoms with Crippen LogP contribution in [0.5, 0.6) is 0 Å². The van der Waals surface area contributed by atoms with E-state index in [1.165, 1.54) is 0 Å². The van der Waals surface area contributed by atoms with Crippen LogP contribution < -0.4 is 0 Å². The molecule has 0 aromatic rings. The topological polar surface area (TPSA) is 47.9 Å². The number of hydrogen-bond donors (Lipinski definition) is 1. The molecule has 0 aliphatic carbocycles. The van der Waals surface area contributed by atoms with Crippen LogP contribution in [0.15, 0.2) is 0 Å². The van der Waals surface area contributed by atoms with Gasteiger partial charge in [-0.2, -0.15) is 0 Å². The molecule has 2 rings (SSSR count). The average Bonchev–Trinajstić information content (AvgIpc) is 2.39. The summed E-state index contributed by atoms with van der Waals surface area (Å²) in [6.07, 6.45) is 3.01. The highest BCUT2D eigenvalue weighted by Crippen LogP contribution is 2.48. The van der Waals surface area contributed by atoms with Crippen molar-refractivity contribution in [2.75, 3.05) is 27.4 Å². The molecular formula is C11H20O4. The van der Waals surface area contributed by atoms with Gasteiger partial charge in [0, 0.05) is 27.1 Å². The average molecular weight is 216 g/mol. The number of rotatable bonds is 4. The first-order chi connectivity index (χ1) is 7.14. The molecular weight excluding hydrogens is 196 g/mol. The second kappa shape index (κ2) is 4.01. The number of hydrogen-bond acceptors (Lipinski definition) is 4. The maximum Gasteiger partial charge on any atom is 0.0949 e. The second-order valence-corrected chi connectivity index (χ2v) is 4.90. The Morgan fingerprint density at radius 2 is 1.60 bits per heavy atom. The molecule has 0 aromatic heterocycles. The van der Waals surface area contributed by atoms with Crippen molar-refractivity contribution in [3.8, 4) is 0 Å². The Morgan fingerprint density at radius 1 is 1.13 bits per heavy atom. The summed E-state index contributed by atoms with van der Waals surface area (Å²) in [5, 5.41) is 9.88. The van der Waals surface area contributed by atoms with Gasteiger partial charge < -0.3 is 19.3 Å². The van der Waals surface area contributed by atoms with Gasteiger partial charge in [0.2, 0.25) is 0 Å². The Hall–Kier alpha value is -0.160. The lowest BCUT2D eigenvalue weighted by atomic mass is 9.91. The molecule has 0 saturated carbocycles. The first kappa shape index (κ1) is 11.3. The number of aliphatic hydroxyl groups is 1. The first-order valence-corrected chi connectivity index (χ1v) is 5.50. The standard InChI is InChI=1S/C11H20O4/c1-13-7-10-3-4-11(15-10,8-14-2)6-9(12)5-10/h9,12H,3-8H2,1-2H3/t9?,10-,11+. The van der Waals surface area contributed by atoms with Crippen molar-refractivity contribution in [1.29, 1.82) is 0 Å². The zero-order valence-corrected chi connectivity index (χ0v) is 9.49. The van der Waals surface area contributed by atoms with Crippen molar-refractivity contribution in [3.05, 3.63) is 0 Å². The van der Waals surface area contributed by atoms with Gasteiger partial charge in [0.15, 0.2) is 0 Å². The predicted octanol–water partition coefficient (Wildman–Crippen LogP) is 0.722. The van der Waals surface area contributed by atoms with Gasteiger partial charge in [-0.25, -0.2) is 0 Å². The van der Waals surface area contributed by atoms with Gasteiger partial charge in [-0.3, -0.25) is 0 Å². The zero-order valence-electron chi connectivity index (χ0n) is 9.49. The fourth-order valence-electron chi connectivity index (χ4n) is 3.08. The molecule has 3 atom stereocenters. The van der Waals surface area contributed by atoms with Gasteiger partial charge >= 0.3 is 0 Å². The van der Waals surface area contributed by atoms with Gasteiger partial charge in [0.05, 0.1) is 30.5 Å². The fourth-order valence-corrected chi connectivity index (χ4v) is 3.08. The molecule has 2 aliphatic heterocycles. The molecule has 2 heterocycles. The van der Waals surface area contributed by atoms with Crippen molar-refractivity contribution in [2.24, 2.45) is 0 Å². The van der Waals surface area contributed by atoms with Crippen LogP contribution in [0.4, 0.5) is 0 Å². The summed E-state index contributed by atoms with van der Waals surface area (Å²) in [5.41, 5.74) is -0.546. The van der Waals surface area contributed by atoms with Crippen LogP contribution in [-0.2, 0) is 14.2 Å². The van der Waals surface area contributed by atoms with Crippen LogP contribution in [0.25, 0.3) is 0 Å². The highest BCUT2D eigenvalue weighted by atomic mass is 16.6. The van der Waals surface area contributed by atoms with Crippen LogP contribution in [-0.4, -0.2) is 49.8 Å². The minimum atomic E-state index is -0.286. The van der Waals surface area contributed by atoms with Crippen LogP contribution in [0.2, 0.25) is 0 Å². The Balaban J connectivity index is 2.12. The summed E-state index contributed by atoms with van der Waals surface area (Å²) in [6.45, 7) is 1.13. The monoisotopic (exact) mass is 216 g/mol. The molecule has 0 aromatic carbocycles. The van der Waals surface area contributed by atoms with E-state index in [1.807, 2.05) is 0 Å². The minimum Gasteiger partial charge on any atom is -0.393 e. The summed E-state index contributed by atoms with van der Waals surface area (Å²) in [4.78, 5) is 0. The van der Waals surface area contributed by atoms with Crippen molar-refractivity contribution < 1.29 is 19.3 Å². The van der Waals surface area contributed by atoms with Crippen molar-refractivity contribution >= 4 is 0 Å². The molecule has 2 aliphatic rings. The van der Waals surface area contributed by atoms with E-state index in [0.717, 1.165) is 12.8 Å². The minimum absolute atomic E-state index is 0.273. The molecule has 1 N–H and O–H groups in total. The number of methoxy groups -OCH3 is 2. The molecule has 88 valence electrons.